The van der Waals surface area contributed by atoms with Crippen molar-refractivity contribution in [2.75, 3.05) is 27.2 Å². The normalized spacial score (nSPS) is 19.9. The fraction of sp³-hybridized carbons (Fsp3) is 0.737. The lowest BCUT2D eigenvalue weighted by Crippen LogP contribution is -2.48. The first-order valence-corrected chi connectivity index (χ1v) is 10.5. The van der Waals surface area contributed by atoms with Gasteiger partial charge in [0.2, 0.25) is 5.91 Å². The van der Waals surface area contributed by atoms with Crippen molar-refractivity contribution in [1.82, 2.24) is 20.5 Å². The SMILES string of the molecule is CCc1cnc(CCNC(=NCC(=O)N(C)C)NC2CCCCC2C)s1.I. The number of amides is 1. The van der Waals surface area contributed by atoms with Crippen LogP contribution in [-0.4, -0.2) is 55.0 Å². The summed E-state index contributed by atoms with van der Waals surface area (Å²) in [6.07, 6.45) is 8.84. The van der Waals surface area contributed by atoms with Crippen molar-refractivity contribution in [2.24, 2.45) is 10.9 Å². The van der Waals surface area contributed by atoms with Gasteiger partial charge in [0.25, 0.3) is 0 Å². The molecule has 154 valence electrons. The second kappa shape index (κ2) is 12.5. The lowest BCUT2D eigenvalue weighted by Gasteiger charge is -2.31. The lowest BCUT2D eigenvalue weighted by molar-refractivity contribution is -0.127. The van der Waals surface area contributed by atoms with E-state index in [1.165, 1.54) is 24.1 Å². The van der Waals surface area contributed by atoms with Crippen LogP contribution in [0.5, 0.6) is 0 Å². The van der Waals surface area contributed by atoms with Crippen LogP contribution in [-0.2, 0) is 17.6 Å². The van der Waals surface area contributed by atoms with Gasteiger partial charge in [0, 0.05) is 44.2 Å². The Kier molecular flexibility index (Phi) is 11.2. The Balaban J connectivity index is 0.00000364. The van der Waals surface area contributed by atoms with Crippen molar-refractivity contribution in [3.05, 3.63) is 16.1 Å². The Morgan fingerprint density at radius 2 is 2.11 bits per heavy atom. The summed E-state index contributed by atoms with van der Waals surface area (Å²) in [7, 11) is 3.52. The third-order valence-corrected chi connectivity index (χ3v) is 6.09. The maximum Gasteiger partial charge on any atom is 0.243 e. The molecule has 0 saturated heterocycles. The number of aromatic nitrogens is 1. The maximum absolute atomic E-state index is 11.9. The predicted molar refractivity (Wildman–Crippen MR) is 124 cm³/mol. The first kappa shape index (κ1) is 24.1. The number of carbonyl (C=O) groups is 1. The minimum atomic E-state index is 0. The minimum Gasteiger partial charge on any atom is -0.356 e. The van der Waals surface area contributed by atoms with E-state index in [-0.39, 0.29) is 36.4 Å². The number of likely N-dealkylation sites (N-methyl/N-ethyl adjacent to an activating group) is 1. The van der Waals surface area contributed by atoms with E-state index in [1.807, 2.05) is 6.20 Å². The first-order chi connectivity index (χ1) is 12.5. The summed E-state index contributed by atoms with van der Waals surface area (Å²) in [5.41, 5.74) is 0. The quantitative estimate of drug-likeness (QED) is 0.338. The van der Waals surface area contributed by atoms with E-state index in [0.29, 0.717) is 12.0 Å². The van der Waals surface area contributed by atoms with Crippen LogP contribution in [0.25, 0.3) is 0 Å². The molecule has 1 aliphatic rings. The highest BCUT2D eigenvalue weighted by Gasteiger charge is 2.22. The zero-order valence-electron chi connectivity index (χ0n) is 17.0. The molecule has 0 radical (unpaired) electrons. The van der Waals surface area contributed by atoms with Gasteiger partial charge < -0.3 is 15.5 Å². The van der Waals surface area contributed by atoms with Crippen LogP contribution in [0.3, 0.4) is 0 Å². The zero-order chi connectivity index (χ0) is 18.9. The van der Waals surface area contributed by atoms with Crippen LogP contribution < -0.4 is 10.6 Å². The monoisotopic (exact) mass is 507 g/mol. The molecule has 6 nitrogen and oxygen atoms in total. The Morgan fingerprint density at radius 1 is 1.37 bits per heavy atom. The molecule has 1 aromatic rings. The van der Waals surface area contributed by atoms with Crippen LogP contribution >= 0.6 is 35.3 Å². The molecule has 0 aromatic carbocycles. The maximum atomic E-state index is 11.9. The van der Waals surface area contributed by atoms with Crippen LogP contribution in [0.15, 0.2) is 11.2 Å². The third-order valence-electron chi connectivity index (χ3n) is 4.89. The standard InChI is InChI=1S/C19H33N5OS.HI/c1-5-15-12-21-17(26-15)10-11-20-19(22-13-18(25)24(3)4)23-16-9-7-6-8-14(16)2;/h12,14,16H,5-11,13H2,1-4H3,(H2,20,22,23);1H. The van der Waals surface area contributed by atoms with Gasteiger partial charge >= 0.3 is 0 Å². The summed E-state index contributed by atoms with van der Waals surface area (Å²) in [6, 6.07) is 0.427. The highest BCUT2D eigenvalue weighted by Crippen LogP contribution is 2.23. The number of hydrogen-bond acceptors (Lipinski definition) is 4. The van der Waals surface area contributed by atoms with Crippen molar-refractivity contribution in [1.29, 1.82) is 0 Å². The van der Waals surface area contributed by atoms with Crippen LogP contribution in [0, 0.1) is 5.92 Å². The molecule has 2 atom stereocenters. The molecule has 0 spiro atoms. The van der Waals surface area contributed by atoms with Gasteiger partial charge in [-0.2, -0.15) is 0 Å². The average molecular weight is 507 g/mol. The molecule has 2 N–H and O–H groups in total. The fourth-order valence-corrected chi connectivity index (χ4v) is 3.92. The van der Waals surface area contributed by atoms with Gasteiger partial charge in [-0.15, -0.1) is 35.3 Å². The van der Waals surface area contributed by atoms with Crippen molar-refractivity contribution in [3.8, 4) is 0 Å². The fourth-order valence-electron chi connectivity index (χ4n) is 3.06. The van der Waals surface area contributed by atoms with E-state index in [1.54, 1.807) is 30.3 Å². The van der Waals surface area contributed by atoms with E-state index in [2.05, 4.69) is 34.5 Å². The molecule has 0 aliphatic heterocycles. The molecule has 1 saturated carbocycles. The Bertz CT molecular complexity index is 605. The Morgan fingerprint density at radius 3 is 2.74 bits per heavy atom. The van der Waals surface area contributed by atoms with E-state index < -0.39 is 0 Å². The molecule has 1 aliphatic carbocycles. The smallest absolute Gasteiger partial charge is 0.243 e. The summed E-state index contributed by atoms with van der Waals surface area (Å²) in [6.45, 7) is 5.37. The lowest BCUT2D eigenvalue weighted by atomic mass is 9.86. The molecule has 1 fully saturated rings. The number of nitrogens with zero attached hydrogens (tertiary/aromatic N) is 3. The van der Waals surface area contributed by atoms with E-state index >= 15 is 0 Å². The molecule has 1 amide bonds. The summed E-state index contributed by atoms with van der Waals surface area (Å²) >= 11 is 1.77. The van der Waals surface area contributed by atoms with Gasteiger partial charge in [0.05, 0.1) is 5.01 Å². The molecule has 8 heteroatoms. The summed E-state index contributed by atoms with van der Waals surface area (Å²) in [4.78, 5) is 23.8. The summed E-state index contributed by atoms with van der Waals surface area (Å²) < 4.78 is 0. The van der Waals surface area contributed by atoms with Gasteiger partial charge in [-0.3, -0.25) is 4.79 Å². The summed E-state index contributed by atoms with van der Waals surface area (Å²) in [5, 5.41) is 8.09. The van der Waals surface area contributed by atoms with Crippen molar-refractivity contribution < 1.29 is 4.79 Å². The van der Waals surface area contributed by atoms with Crippen LogP contribution in [0.2, 0.25) is 0 Å². The van der Waals surface area contributed by atoms with Crippen LogP contribution in [0.4, 0.5) is 0 Å². The number of nitrogens with one attached hydrogen (secondary N) is 2. The van der Waals surface area contributed by atoms with Crippen molar-refractivity contribution >= 4 is 47.2 Å². The Labute approximate surface area is 184 Å². The number of aryl methyl sites for hydroxylation is 1. The topological polar surface area (TPSA) is 69.6 Å². The second-order valence-electron chi connectivity index (χ2n) is 7.22. The van der Waals surface area contributed by atoms with Gasteiger partial charge in [-0.1, -0.05) is 26.7 Å². The highest BCUT2D eigenvalue weighted by molar-refractivity contribution is 14.0. The Hall–Kier alpha value is -0.900. The molecule has 27 heavy (non-hydrogen) atoms. The van der Waals surface area contributed by atoms with Gasteiger partial charge in [-0.25, -0.2) is 9.98 Å². The minimum absolute atomic E-state index is 0. The molecular formula is C19H34IN5OS. The number of rotatable bonds is 7. The molecule has 1 aromatic heterocycles. The third kappa shape index (κ3) is 8.33. The van der Waals surface area contributed by atoms with E-state index in [4.69, 9.17) is 0 Å². The number of hydrogen-bond donors (Lipinski definition) is 2. The molecule has 0 bridgehead atoms. The van der Waals surface area contributed by atoms with Crippen molar-refractivity contribution in [3.63, 3.8) is 0 Å². The van der Waals surface area contributed by atoms with Crippen molar-refractivity contribution in [2.45, 2.75) is 58.4 Å². The average Bonchev–Trinajstić information content (AvgIpc) is 3.08. The first-order valence-electron chi connectivity index (χ1n) is 9.68. The van der Waals surface area contributed by atoms with Gasteiger partial charge in [0.15, 0.2) is 5.96 Å². The van der Waals surface area contributed by atoms with Gasteiger partial charge in [-0.05, 0) is 25.2 Å². The number of halogens is 1. The molecule has 2 rings (SSSR count). The highest BCUT2D eigenvalue weighted by atomic mass is 127. The van der Waals surface area contributed by atoms with Gasteiger partial charge in [0.1, 0.15) is 6.54 Å². The molecule has 2 unspecified atom stereocenters. The number of carbonyl (C=O) groups excluding carboxylic acids is 1. The number of thiazole rings is 1. The number of aliphatic imine (C=N–C) groups is 1. The van der Waals surface area contributed by atoms with E-state index in [0.717, 1.165) is 36.8 Å². The molecular weight excluding hydrogens is 473 g/mol. The zero-order valence-corrected chi connectivity index (χ0v) is 20.1. The summed E-state index contributed by atoms with van der Waals surface area (Å²) in [5.74, 6) is 1.38. The number of guanidine groups is 1. The molecule has 1 heterocycles. The largest absolute Gasteiger partial charge is 0.356 e. The van der Waals surface area contributed by atoms with E-state index in [9.17, 15) is 4.79 Å². The van der Waals surface area contributed by atoms with Crippen LogP contribution in [0.1, 0.15) is 49.4 Å². The predicted octanol–water partition coefficient (Wildman–Crippen LogP) is 3.07. The second-order valence-corrected chi connectivity index (χ2v) is 8.42.